The van der Waals surface area contributed by atoms with E-state index in [0.29, 0.717) is 19.0 Å². The van der Waals surface area contributed by atoms with Crippen molar-refractivity contribution >= 4 is 47.2 Å². The molecule has 1 heterocycles. The third-order valence-corrected chi connectivity index (χ3v) is 3.96. The topological polar surface area (TPSA) is 85.8 Å². The highest BCUT2D eigenvalue weighted by atomic mass is 127. The summed E-state index contributed by atoms with van der Waals surface area (Å²) in [5, 5.41) is 23.5. The van der Waals surface area contributed by atoms with Gasteiger partial charge in [-0.1, -0.05) is 13.8 Å². The van der Waals surface area contributed by atoms with Crippen LogP contribution in [-0.2, 0) is 10.4 Å². The van der Waals surface area contributed by atoms with Crippen molar-refractivity contribution in [1.29, 1.82) is 0 Å². The fourth-order valence-corrected chi connectivity index (χ4v) is 2.59. The zero-order chi connectivity index (χ0) is 17.3. The molecular formula is C16H29IN4O2S. The van der Waals surface area contributed by atoms with Crippen molar-refractivity contribution in [3.05, 3.63) is 22.4 Å². The van der Waals surface area contributed by atoms with E-state index in [4.69, 9.17) is 0 Å². The number of hydrogen-bond acceptors (Lipinski definition) is 4. The first-order valence-electron chi connectivity index (χ1n) is 7.91. The number of guanidine groups is 1. The van der Waals surface area contributed by atoms with Crippen LogP contribution in [0.5, 0.6) is 0 Å². The fourth-order valence-electron chi connectivity index (χ4n) is 1.81. The summed E-state index contributed by atoms with van der Waals surface area (Å²) < 4.78 is 0. The number of aliphatic hydroxyl groups is 1. The van der Waals surface area contributed by atoms with Gasteiger partial charge in [-0.05, 0) is 36.2 Å². The Kier molecular flexibility index (Phi) is 11.2. The van der Waals surface area contributed by atoms with Gasteiger partial charge >= 0.3 is 0 Å². The molecule has 24 heavy (non-hydrogen) atoms. The van der Waals surface area contributed by atoms with Gasteiger partial charge in [0.05, 0.1) is 6.54 Å². The number of nitrogens with zero attached hydrogens (tertiary/aromatic N) is 1. The number of thiophene rings is 1. The van der Waals surface area contributed by atoms with E-state index in [1.165, 1.54) is 0 Å². The van der Waals surface area contributed by atoms with Gasteiger partial charge in [0.1, 0.15) is 5.60 Å². The Morgan fingerprint density at radius 2 is 2.00 bits per heavy atom. The Morgan fingerprint density at radius 3 is 2.54 bits per heavy atom. The predicted octanol–water partition coefficient (Wildman–Crippen LogP) is 1.90. The second kappa shape index (κ2) is 11.6. The first kappa shape index (κ1) is 23.1. The molecule has 1 amide bonds. The zero-order valence-corrected chi connectivity index (χ0v) is 17.9. The van der Waals surface area contributed by atoms with Gasteiger partial charge in [0.2, 0.25) is 5.91 Å². The molecule has 1 atom stereocenters. The Hall–Kier alpha value is -0.870. The highest BCUT2D eigenvalue weighted by Gasteiger charge is 2.23. The summed E-state index contributed by atoms with van der Waals surface area (Å²) in [5.41, 5.74) is -0.125. The third-order valence-electron chi connectivity index (χ3n) is 3.27. The molecule has 0 radical (unpaired) electrons. The Balaban J connectivity index is 0.00000529. The second-order valence-corrected chi connectivity index (χ2v) is 6.63. The molecule has 0 spiro atoms. The lowest BCUT2D eigenvalue weighted by Gasteiger charge is -2.21. The highest BCUT2D eigenvalue weighted by Crippen LogP contribution is 2.23. The molecule has 8 heteroatoms. The van der Waals surface area contributed by atoms with E-state index in [0.717, 1.165) is 12.1 Å². The lowest BCUT2D eigenvalue weighted by atomic mass is 10.00. The largest absolute Gasteiger partial charge is 0.383 e. The first-order valence-corrected chi connectivity index (χ1v) is 8.86. The maximum atomic E-state index is 11.5. The third kappa shape index (κ3) is 8.29. The smallest absolute Gasteiger partial charge is 0.222 e. The summed E-state index contributed by atoms with van der Waals surface area (Å²) in [5.74, 6) is 0.647. The van der Waals surface area contributed by atoms with Crippen molar-refractivity contribution in [2.75, 3.05) is 26.2 Å². The molecule has 0 aromatic carbocycles. The van der Waals surface area contributed by atoms with Crippen molar-refractivity contribution in [2.24, 2.45) is 10.9 Å². The monoisotopic (exact) mass is 468 g/mol. The molecule has 1 unspecified atom stereocenters. The molecule has 0 aliphatic carbocycles. The number of aliphatic imine (C=N–C) groups is 1. The number of rotatable bonds is 8. The van der Waals surface area contributed by atoms with Crippen LogP contribution in [0.15, 0.2) is 21.8 Å². The van der Waals surface area contributed by atoms with Crippen molar-refractivity contribution < 1.29 is 9.90 Å². The van der Waals surface area contributed by atoms with Gasteiger partial charge in [-0.25, -0.2) is 4.99 Å². The number of amides is 1. The number of carbonyl (C=O) groups is 1. The molecule has 1 aromatic heterocycles. The molecule has 4 N–H and O–H groups in total. The van der Waals surface area contributed by atoms with E-state index in [9.17, 15) is 9.90 Å². The van der Waals surface area contributed by atoms with Crippen LogP contribution in [0.1, 0.15) is 33.3 Å². The quantitative estimate of drug-likeness (QED) is 0.203. The van der Waals surface area contributed by atoms with Crippen molar-refractivity contribution in [2.45, 2.75) is 33.3 Å². The van der Waals surface area contributed by atoms with E-state index in [1.807, 2.05) is 37.6 Å². The van der Waals surface area contributed by atoms with Crippen LogP contribution < -0.4 is 16.0 Å². The molecule has 0 aliphatic heterocycles. The Labute approximate surface area is 165 Å². The molecule has 0 aliphatic rings. The maximum Gasteiger partial charge on any atom is 0.222 e. The van der Waals surface area contributed by atoms with Crippen LogP contribution in [0.2, 0.25) is 0 Å². The van der Waals surface area contributed by atoms with Crippen LogP contribution in [0.4, 0.5) is 0 Å². The average Bonchev–Trinajstić information content (AvgIpc) is 3.03. The van der Waals surface area contributed by atoms with Gasteiger partial charge < -0.3 is 21.1 Å². The van der Waals surface area contributed by atoms with Gasteiger partial charge in [-0.2, -0.15) is 11.3 Å². The van der Waals surface area contributed by atoms with Crippen LogP contribution in [-0.4, -0.2) is 43.2 Å². The lowest BCUT2D eigenvalue weighted by molar-refractivity contribution is -0.123. The van der Waals surface area contributed by atoms with Crippen LogP contribution >= 0.6 is 35.3 Å². The molecule has 1 aromatic rings. The molecule has 0 bridgehead atoms. The molecule has 138 valence electrons. The average molecular weight is 468 g/mol. The number of carbonyl (C=O) groups excluding carboxylic acids is 1. The summed E-state index contributed by atoms with van der Waals surface area (Å²) in [4.78, 5) is 15.9. The standard InChI is InChI=1S/C16H28N4O2S.HI/c1-5-17-15(19-8-7-18-14(21)12(2)3)20-11-16(4,22)13-6-9-23-10-13;/h6,9-10,12,22H,5,7-8,11H2,1-4H3,(H,18,21)(H2,17,19,20);1H. The van der Waals surface area contributed by atoms with Crippen LogP contribution in [0.3, 0.4) is 0 Å². The van der Waals surface area contributed by atoms with Gasteiger partial charge in [0.15, 0.2) is 5.96 Å². The van der Waals surface area contributed by atoms with E-state index in [1.54, 1.807) is 18.3 Å². The van der Waals surface area contributed by atoms with Crippen LogP contribution in [0.25, 0.3) is 0 Å². The minimum absolute atomic E-state index is 0. The van der Waals surface area contributed by atoms with Crippen molar-refractivity contribution in [3.63, 3.8) is 0 Å². The van der Waals surface area contributed by atoms with Gasteiger partial charge in [-0.15, -0.1) is 24.0 Å². The predicted molar refractivity (Wildman–Crippen MR) is 111 cm³/mol. The van der Waals surface area contributed by atoms with E-state index < -0.39 is 5.60 Å². The number of nitrogens with one attached hydrogen (secondary N) is 3. The highest BCUT2D eigenvalue weighted by molar-refractivity contribution is 14.0. The fraction of sp³-hybridized carbons (Fsp3) is 0.625. The van der Waals surface area contributed by atoms with Crippen molar-refractivity contribution in [3.8, 4) is 0 Å². The summed E-state index contributed by atoms with van der Waals surface area (Å²) in [7, 11) is 0. The van der Waals surface area contributed by atoms with Gasteiger partial charge in [0.25, 0.3) is 0 Å². The summed E-state index contributed by atoms with van der Waals surface area (Å²) in [6.07, 6.45) is 0. The first-order chi connectivity index (χ1) is 10.9. The molecular weight excluding hydrogens is 439 g/mol. The molecule has 6 nitrogen and oxygen atoms in total. The van der Waals surface area contributed by atoms with Crippen LogP contribution in [0, 0.1) is 5.92 Å². The number of hydrogen-bond donors (Lipinski definition) is 4. The summed E-state index contributed by atoms with van der Waals surface area (Å²) in [6.45, 7) is 9.55. The molecule has 0 fully saturated rings. The number of halogens is 1. The minimum Gasteiger partial charge on any atom is -0.383 e. The molecule has 0 saturated heterocycles. The van der Waals surface area contributed by atoms with E-state index >= 15 is 0 Å². The SMILES string of the molecule is CCNC(=NCC(C)(O)c1ccsc1)NCCNC(=O)C(C)C.I. The second-order valence-electron chi connectivity index (χ2n) is 5.85. The Morgan fingerprint density at radius 1 is 1.33 bits per heavy atom. The minimum atomic E-state index is -0.992. The van der Waals surface area contributed by atoms with Gasteiger partial charge in [0, 0.05) is 25.6 Å². The molecule has 0 saturated carbocycles. The van der Waals surface area contributed by atoms with E-state index in [-0.39, 0.29) is 42.3 Å². The zero-order valence-electron chi connectivity index (χ0n) is 14.8. The van der Waals surface area contributed by atoms with Gasteiger partial charge in [-0.3, -0.25) is 4.79 Å². The Bertz CT molecular complexity index is 504. The molecule has 1 rings (SSSR count). The lowest BCUT2D eigenvalue weighted by Crippen LogP contribution is -2.42. The summed E-state index contributed by atoms with van der Waals surface area (Å²) >= 11 is 1.55. The van der Waals surface area contributed by atoms with E-state index in [2.05, 4.69) is 20.9 Å². The van der Waals surface area contributed by atoms with Crippen molar-refractivity contribution in [1.82, 2.24) is 16.0 Å². The summed E-state index contributed by atoms with van der Waals surface area (Å²) in [6, 6.07) is 1.90. The maximum absolute atomic E-state index is 11.5. The normalized spacial score (nSPS) is 13.8.